The standard InChI is InChI=1S/C18H24N2O3.ClH/c1-12-5-7-16(13(2)9-12)22-11-15-6-8-17(23-15)18(21)20(4)14(3)10-19;/h5-9,14H,10-11,19H2,1-4H3;1H. The summed E-state index contributed by atoms with van der Waals surface area (Å²) in [4.78, 5) is 13.8. The predicted octanol–water partition coefficient (Wildman–Crippen LogP) is 3.32. The molecule has 0 spiro atoms. The smallest absolute Gasteiger partial charge is 0.289 e. The molecule has 2 N–H and O–H groups in total. The average Bonchev–Trinajstić information content (AvgIpc) is 3.00. The number of halogens is 1. The van der Waals surface area contributed by atoms with Gasteiger partial charge in [0.2, 0.25) is 0 Å². The van der Waals surface area contributed by atoms with Crippen LogP contribution < -0.4 is 10.5 Å². The molecule has 5 nitrogen and oxygen atoms in total. The van der Waals surface area contributed by atoms with Crippen molar-refractivity contribution in [3.8, 4) is 5.75 Å². The van der Waals surface area contributed by atoms with Crippen molar-refractivity contribution in [2.45, 2.75) is 33.4 Å². The molecule has 0 radical (unpaired) electrons. The first-order valence-corrected chi connectivity index (χ1v) is 7.68. The Kier molecular flexibility index (Phi) is 7.32. The average molecular weight is 353 g/mol. The number of benzene rings is 1. The van der Waals surface area contributed by atoms with Gasteiger partial charge in [-0.25, -0.2) is 0 Å². The van der Waals surface area contributed by atoms with Gasteiger partial charge in [0.05, 0.1) is 0 Å². The van der Waals surface area contributed by atoms with Gasteiger partial charge in [-0.15, -0.1) is 12.4 Å². The second-order valence-electron chi connectivity index (χ2n) is 5.82. The molecule has 1 unspecified atom stereocenters. The van der Waals surface area contributed by atoms with Crippen LogP contribution in [0.5, 0.6) is 5.75 Å². The first kappa shape index (κ1) is 20.1. The Labute approximate surface area is 149 Å². The molecule has 1 heterocycles. The molecule has 0 saturated heterocycles. The van der Waals surface area contributed by atoms with E-state index in [1.54, 1.807) is 24.1 Å². The summed E-state index contributed by atoms with van der Waals surface area (Å²) in [5.74, 6) is 1.55. The number of amides is 1. The Morgan fingerprint density at radius 1 is 1.29 bits per heavy atom. The van der Waals surface area contributed by atoms with Crippen LogP contribution in [0.3, 0.4) is 0 Å². The zero-order valence-corrected chi connectivity index (χ0v) is 15.4. The monoisotopic (exact) mass is 352 g/mol. The van der Waals surface area contributed by atoms with Gasteiger partial charge in [0, 0.05) is 19.6 Å². The zero-order chi connectivity index (χ0) is 17.0. The van der Waals surface area contributed by atoms with Gasteiger partial charge in [-0.1, -0.05) is 17.7 Å². The van der Waals surface area contributed by atoms with Crippen LogP contribution in [0.4, 0.5) is 0 Å². The van der Waals surface area contributed by atoms with Crippen LogP contribution >= 0.6 is 12.4 Å². The number of nitrogens with two attached hydrogens (primary N) is 1. The van der Waals surface area contributed by atoms with Gasteiger partial charge in [0.1, 0.15) is 18.1 Å². The Hall–Kier alpha value is -1.98. The minimum Gasteiger partial charge on any atom is -0.485 e. The molecule has 1 aromatic heterocycles. The molecule has 1 amide bonds. The number of furan rings is 1. The van der Waals surface area contributed by atoms with Crippen LogP contribution in [0.25, 0.3) is 0 Å². The van der Waals surface area contributed by atoms with E-state index in [1.807, 2.05) is 32.9 Å². The van der Waals surface area contributed by atoms with Crippen LogP contribution in [-0.4, -0.2) is 30.4 Å². The van der Waals surface area contributed by atoms with Crippen LogP contribution in [0.15, 0.2) is 34.7 Å². The third kappa shape index (κ3) is 4.76. The minimum absolute atomic E-state index is 0. The molecule has 6 heteroatoms. The second kappa shape index (κ2) is 8.76. The molecule has 2 aromatic rings. The van der Waals surface area contributed by atoms with Crippen LogP contribution in [0.2, 0.25) is 0 Å². The fraction of sp³-hybridized carbons (Fsp3) is 0.389. The van der Waals surface area contributed by atoms with Crippen LogP contribution in [-0.2, 0) is 6.61 Å². The maximum Gasteiger partial charge on any atom is 0.289 e. The summed E-state index contributed by atoms with van der Waals surface area (Å²) in [6, 6.07) is 9.40. The molecule has 0 aliphatic heterocycles. The molecule has 1 atom stereocenters. The number of likely N-dealkylation sites (N-methyl/N-ethyl adjacent to an activating group) is 1. The van der Waals surface area contributed by atoms with Crippen LogP contribution in [0.1, 0.15) is 34.4 Å². The number of nitrogens with zero attached hydrogens (tertiary/aromatic N) is 1. The van der Waals surface area contributed by atoms with E-state index in [0.29, 0.717) is 18.1 Å². The minimum atomic E-state index is -0.180. The van der Waals surface area contributed by atoms with E-state index in [9.17, 15) is 4.79 Å². The Balaban J connectivity index is 0.00000288. The van der Waals surface area contributed by atoms with Gasteiger partial charge in [-0.2, -0.15) is 0 Å². The SMILES string of the molecule is Cc1ccc(OCc2ccc(C(=O)N(C)C(C)CN)o2)c(C)c1.Cl. The number of hydrogen-bond acceptors (Lipinski definition) is 4. The van der Waals surface area contributed by atoms with Crippen molar-refractivity contribution in [2.75, 3.05) is 13.6 Å². The highest BCUT2D eigenvalue weighted by molar-refractivity contribution is 5.91. The molecule has 0 saturated carbocycles. The van der Waals surface area contributed by atoms with E-state index in [0.717, 1.165) is 11.3 Å². The summed E-state index contributed by atoms with van der Waals surface area (Å²) >= 11 is 0. The van der Waals surface area contributed by atoms with Gasteiger partial charge >= 0.3 is 0 Å². The maximum absolute atomic E-state index is 12.3. The summed E-state index contributed by atoms with van der Waals surface area (Å²) in [6.45, 7) is 6.63. The van der Waals surface area contributed by atoms with Crippen molar-refractivity contribution in [1.29, 1.82) is 0 Å². The number of aryl methyl sites for hydroxylation is 2. The fourth-order valence-electron chi connectivity index (χ4n) is 2.21. The van der Waals surface area contributed by atoms with Gasteiger partial charge in [0.25, 0.3) is 5.91 Å². The number of ether oxygens (including phenoxy) is 1. The fourth-order valence-corrected chi connectivity index (χ4v) is 2.21. The Morgan fingerprint density at radius 2 is 2.00 bits per heavy atom. The Bertz CT molecular complexity index is 685. The summed E-state index contributed by atoms with van der Waals surface area (Å²) in [6.07, 6.45) is 0. The lowest BCUT2D eigenvalue weighted by Crippen LogP contribution is -2.39. The summed E-state index contributed by atoms with van der Waals surface area (Å²) in [5, 5.41) is 0. The third-order valence-electron chi connectivity index (χ3n) is 3.90. The first-order chi connectivity index (χ1) is 10.9. The normalized spacial score (nSPS) is 11.5. The highest BCUT2D eigenvalue weighted by Crippen LogP contribution is 2.21. The maximum atomic E-state index is 12.3. The molecule has 0 fully saturated rings. The first-order valence-electron chi connectivity index (χ1n) is 7.68. The van der Waals surface area contributed by atoms with Crippen molar-refractivity contribution >= 4 is 18.3 Å². The van der Waals surface area contributed by atoms with Crippen molar-refractivity contribution in [1.82, 2.24) is 4.90 Å². The van der Waals surface area contributed by atoms with E-state index >= 15 is 0 Å². The number of carbonyl (C=O) groups excluding carboxylic acids is 1. The molecule has 1 aromatic carbocycles. The second-order valence-corrected chi connectivity index (χ2v) is 5.82. The highest BCUT2D eigenvalue weighted by Gasteiger charge is 2.19. The summed E-state index contributed by atoms with van der Waals surface area (Å²) in [5.41, 5.74) is 7.85. The van der Waals surface area contributed by atoms with Gasteiger partial charge < -0.3 is 19.8 Å². The molecular formula is C18H25ClN2O3. The van der Waals surface area contributed by atoms with E-state index in [1.165, 1.54) is 5.56 Å². The summed E-state index contributed by atoms with van der Waals surface area (Å²) < 4.78 is 11.4. The van der Waals surface area contributed by atoms with Crippen molar-refractivity contribution in [3.05, 3.63) is 53.0 Å². The topological polar surface area (TPSA) is 68.7 Å². The molecule has 0 aliphatic carbocycles. The van der Waals surface area contributed by atoms with E-state index in [4.69, 9.17) is 14.9 Å². The molecule has 2 rings (SSSR count). The lowest BCUT2D eigenvalue weighted by molar-refractivity contribution is 0.0712. The van der Waals surface area contributed by atoms with Gasteiger partial charge in [0.15, 0.2) is 5.76 Å². The molecule has 24 heavy (non-hydrogen) atoms. The van der Waals surface area contributed by atoms with Crippen molar-refractivity contribution in [3.63, 3.8) is 0 Å². The van der Waals surface area contributed by atoms with Crippen LogP contribution in [0, 0.1) is 13.8 Å². The van der Waals surface area contributed by atoms with Gasteiger partial charge in [-0.3, -0.25) is 4.79 Å². The predicted molar refractivity (Wildman–Crippen MR) is 96.8 cm³/mol. The third-order valence-corrected chi connectivity index (χ3v) is 3.90. The van der Waals surface area contributed by atoms with E-state index < -0.39 is 0 Å². The molecule has 0 bridgehead atoms. The number of carbonyl (C=O) groups is 1. The zero-order valence-electron chi connectivity index (χ0n) is 14.5. The molecule has 132 valence electrons. The van der Waals surface area contributed by atoms with E-state index in [-0.39, 0.29) is 31.0 Å². The quantitative estimate of drug-likeness (QED) is 0.865. The number of rotatable bonds is 6. The van der Waals surface area contributed by atoms with Gasteiger partial charge in [-0.05, 0) is 44.5 Å². The Morgan fingerprint density at radius 3 is 2.62 bits per heavy atom. The lowest BCUT2D eigenvalue weighted by Gasteiger charge is -2.22. The largest absolute Gasteiger partial charge is 0.485 e. The lowest BCUT2D eigenvalue weighted by atomic mass is 10.1. The highest BCUT2D eigenvalue weighted by atomic mass is 35.5. The summed E-state index contributed by atoms with van der Waals surface area (Å²) in [7, 11) is 1.72. The molecule has 0 aliphatic rings. The number of hydrogen-bond donors (Lipinski definition) is 1. The molecular weight excluding hydrogens is 328 g/mol. The van der Waals surface area contributed by atoms with Crippen molar-refractivity contribution < 1.29 is 13.9 Å². The van der Waals surface area contributed by atoms with E-state index in [2.05, 4.69) is 6.07 Å². The van der Waals surface area contributed by atoms with Crippen molar-refractivity contribution in [2.24, 2.45) is 5.73 Å².